The van der Waals surface area contributed by atoms with Crippen LogP contribution in [0.3, 0.4) is 0 Å². The molecule has 1 aliphatic heterocycles. The van der Waals surface area contributed by atoms with Crippen LogP contribution in [-0.2, 0) is 22.6 Å². The Labute approximate surface area is 205 Å². The SMILES string of the molecule is CC(=O)NCc1ccc(NCC(=O)Nc2ccc(C(=O)N3CCCCc4ccccc43)cc2)cc1. The first-order valence-electron chi connectivity index (χ1n) is 11.9. The molecule has 1 aliphatic rings. The number of hydrogen-bond acceptors (Lipinski definition) is 4. The van der Waals surface area contributed by atoms with Gasteiger partial charge in [-0.1, -0.05) is 30.3 Å². The van der Waals surface area contributed by atoms with Gasteiger partial charge in [0.15, 0.2) is 0 Å². The molecular weight excluding hydrogens is 440 g/mol. The summed E-state index contributed by atoms with van der Waals surface area (Å²) in [6.07, 6.45) is 3.03. The normalized spacial score (nSPS) is 12.8. The van der Waals surface area contributed by atoms with Crippen molar-refractivity contribution < 1.29 is 14.4 Å². The number of hydrogen-bond donors (Lipinski definition) is 3. The quantitative estimate of drug-likeness (QED) is 0.479. The standard InChI is InChI=1S/C28H30N4O3/c1-20(33)29-18-21-9-13-24(14-10-21)30-19-27(34)31-25-15-11-23(12-16-25)28(35)32-17-5-4-7-22-6-2-3-8-26(22)32/h2-3,6,8-16,30H,4-5,7,17-19H2,1H3,(H,29,33)(H,31,34). The number of nitrogens with zero attached hydrogens (tertiary/aromatic N) is 1. The first-order chi connectivity index (χ1) is 17.0. The third-order valence-corrected chi connectivity index (χ3v) is 5.97. The number of carbonyl (C=O) groups excluding carboxylic acids is 3. The highest BCUT2D eigenvalue weighted by Crippen LogP contribution is 2.27. The summed E-state index contributed by atoms with van der Waals surface area (Å²) in [5, 5.41) is 8.69. The Morgan fingerprint density at radius 2 is 1.57 bits per heavy atom. The first kappa shape index (κ1) is 24.0. The zero-order valence-corrected chi connectivity index (χ0v) is 19.8. The fraction of sp³-hybridized carbons (Fsp3) is 0.250. The van der Waals surface area contributed by atoms with Crippen molar-refractivity contribution in [1.82, 2.24) is 5.32 Å². The van der Waals surface area contributed by atoms with E-state index >= 15 is 0 Å². The lowest BCUT2D eigenvalue weighted by Gasteiger charge is -2.23. The van der Waals surface area contributed by atoms with Crippen LogP contribution in [0.5, 0.6) is 0 Å². The molecule has 7 heteroatoms. The van der Waals surface area contributed by atoms with Gasteiger partial charge < -0.3 is 20.9 Å². The third-order valence-electron chi connectivity index (χ3n) is 5.97. The molecule has 0 spiro atoms. The number of amides is 3. The topological polar surface area (TPSA) is 90.5 Å². The monoisotopic (exact) mass is 470 g/mol. The Morgan fingerprint density at radius 1 is 0.857 bits per heavy atom. The van der Waals surface area contributed by atoms with Crippen LogP contribution in [0.15, 0.2) is 72.8 Å². The summed E-state index contributed by atoms with van der Waals surface area (Å²) < 4.78 is 0. The van der Waals surface area contributed by atoms with E-state index in [1.807, 2.05) is 47.4 Å². The van der Waals surface area contributed by atoms with Crippen molar-refractivity contribution >= 4 is 34.8 Å². The van der Waals surface area contributed by atoms with Crippen molar-refractivity contribution in [3.63, 3.8) is 0 Å². The summed E-state index contributed by atoms with van der Waals surface area (Å²) in [4.78, 5) is 38.5. The summed E-state index contributed by atoms with van der Waals surface area (Å²) in [5.41, 5.74) is 5.21. The molecule has 0 aliphatic carbocycles. The molecular formula is C28H30N4O3. The van der Waals surface area contributed by atoms with E-state index in [-0.39, 0.29) is 24.3 Å². The van der Waals surface area contributed by atoms with E-state index in [9.17, 15) is 14.4 Å². The van der Waals surface area contributed by atoms with E-state index in [0.717, 1.165) is 36.2 Å². The van der Waals surface area contributed by atoms with E-state index in [1.54, 1.807) is 24.3 Å². The second kappa shape index (κ2) is 11.3. The molecule has 0 unspecified atom stereocenters. The lowest BCUT2D eigenvalue weighted by Crippen LogP contribution is -2.31. The Kier molecular flexibility index (Phi) is 7.77. The van der Waals surface area contributed by atoms with Crippen LogP contribution in [0.2, 0.25) is 0 Å². The van der Waals surface area contributed by atoms with Gasteiger partial charge in [0.1, 0.15) is 0 Å². The Bertz CT molecular complexity index is 1190. The van der Waals surface area contributed by atoms with Gasteiger partial charge in [-0.3, -0.25) is 14.4 Å². The van der Waals surface area contributed by atoms with Crippen molar-refractivity contribution in [3.8, 4) is 0 Å². The van der Waals surface area contributed by atoms with Crippen molar-refractivity contribution in [2.75, 3.05) is 28.6 Å². The van der Waals surface area contributed by atoms with E-state index in [4.69, 9.17) is 0 Å². The molecule has 3 aromatic carbocycles. The molecule has 0 atom stereocenters. The first-order valence-corrected chi connectivity index (χ1v) is 11.9. The van der Waals surface area contributed by atoms with Gasteiger partial charge in [0.25, 0.3) is 5.91 Å². The number of rotatable bonds is 7. The molecule has 0 radical (unpaired) electrons. The number of carbonyl (C=O) groups is 3. The molecule has 1 heterocycles. The maximum atomic E-state index is 13.2. The van der Waals surface area contributed by atoms with Gasteiger partial charge in [0.2, 0.25) is 11.8 Å². The van der Waals surface area contributed by atoms with Crippen LogP contribution >= 0.6 is 0 Å². The molecule has 0 bridgehead atoms. The van der Waals surface area contributed by atoms with Crippen molar-refractivity contribution in [3.05, 3.63) is 89.5 Å². The molecule has 4 rings (SSSR count). The Morgan fingerprint density at radius 3 is 2.31 bits per heavy atom. The highest BCUT2D eigenvalue weighted by molar-refractivity contribution is 6.07. The minimum atomic E-state index is -0.187. The highest BCUT2D eigenvalue weighted by atomic mass is 16.2. The van der Waals surface area contributed by atoms with Gasteiger partial charge in [0.05, 0.1) is 6.54 Å². The summed E-state index contributed by atoms with van der Waals surface area (Å²) in [5.74, 6) is -0.290. The molecule has 3 amide bonds. The number of para-hydroxylation sites is 1. The lowest BCUT2D eigenvalue weighted by molar-refractivity contribution is -0.119. The smallest absolute Gasteiger partial charge is 0.258 e. The number of anilines is 3. The van der Waals surface area contributed by atoms with Gasteiger partial charge >= 0.3 is 0 Å². The molecule has 0 saturated carbocycles. The summed E-state index contributed by atoms with van der Waals surface area (Å²) in [6.45, 7) is 2.76. The molecule has 3 aromatic rings. The van der Waals surface area contributed by atoms with E-state index in [0.29, 0.717) is 24.3 Å². The third kappa shape index (κ3) is 6.47. The molecule has 7 nitrogen and oxygen atoms in total. The molecule has 0 fully saturated rings. The number of benzene rings is 3. The van der Waals surface area contributed by atoms with E-state index < -0.39 is 0 Å². The number of nitrogens with one attached hydrogen (secondary N) is 3. The van der Waals surface area contributed by atoms with Crippen LogP contribution < -0.4 is 20.9 Å². The summed E-state index contributed by atoms with van der Waals surface area (Å²) in [7, 11) is 0. The van der Waals surface area contributed by atoms with Gasteiger partial charge in [-0.15, -0.1) is 0 Å². The summed E-state index contributed by atoms with van der Waals surface area (Å²) in [6, 6.07) is 22.6. The fourth-order valence-electron chi connectivity index (χ4n) is 4.11. The van der Waals surface area contributed by atoms with Crippen LogP contribution in [-0.4, -0.2) is 30.8 Å². The largest absolute Gasteiger partial charge is 0.376 e. The van der Waals surface area contributed by atoms with Gasteiger partial charge in [-0.2, -0.15) is 0 Å². The maximum Gasteiger partial charge on any atom is 0.258 e. The molecule has 0 saturated heterocycles. The van der Waals surface area contributed by atoms with E-state index in [2.05, 4.69) is 22.0 Å². The van der Waals surface area contributed by atoms with Crippen LogP contribution in [0, 0.1) is 0 Å². The Hall–Kier alpha value is -4.13. The average molecular weight is 471 g/mol. The second-order valence-corrected chi connectivity index (χ2v) is 8.63. The van der Waals surface area contributed by atoms with Crippen LogP contribution in [0.1, 0.15) is 41.3 Å². The van der Waals surface area contributed by atoms with Crippen molar-refractivity contribution in [2.24, 2.45) is 0 Å². The van der Waals surface area contributed by atoms with Crippen LogP contribution in [0.25, 0.3) is 0 Å². The zero-order valence-electron chi connectivity index (χ0n) is 19.8. The van der Waals surface area contributed by atoms with Crippen LogP contribution in [0.4, 0.5) is 17.1 Å². The maximum absolute atomic E-state index is 13.2. The minimum Gasteiger partial charge on any atom is -0.376 e. The van der Waals surface area contributed by atoms with E-state index in [1.165, 1.54) is 12.5 Å². The van der Waals surface area contributed by atoms with Crippen molar-refractivity contribution in [1.29, 1.82) is 0 Å². The summed E-state index contributed by atoms with van der Waals surface area (Å²) >= 11 is 0. The molecule has 0 aromatic heterocycles. The lowest BCUT2D eigenvalue weighted by atomic mass is 10.1. The zero-order chi connectivity index (χ0) is 24.6. The second-order valence-electron chi connectivity index (χ2n) is 8.63. The molecule has 35 heavy (non-hydrogen) atoms. The highest BCUT2D eigenvalue weighted by Gasteiger charge is 2.22. The predicted octanol–water partition coefficient (Wildman–Crippen LogP) is 4.36. The van der Waals surface area contributed by atoms with Gasteiger partial charge in [0, 0.05) is 42.6 Å². The van der Waals surface area contributed by atoms with Crippen molar-refractivity contribution in [2.45, 2.75) is 32.7 Å². The predicted molar refractivity (Wildman–Crippen MR) is 139 cm³/mol. The minimum absolute atomic E-state index is 0.0270. The molecule has 180 valence electrons. The molecule has 3 N–H and O–H groups in total. The van der Waals surface area contributed by atoms with Gasteiger partial charge in [-0.25, -0.2) is 0 Å². The fourth-order valence-corrected chi connectivity index (χ4v) is 4.11. The number of fused-ring (bicyclic) bond motifs is 1. The average Bonchev–Trinajstić information content (AvgIpc) is 3.09. The van der Waals surface area contributed by atoms with Gasteiger partial charge in [-0.05, 0) is 72.9 Å². The Balaban J connectivity index is 1.31. The number of aryl methyl sites for hydroxylation is 1.